The van der Waals surface area contributed by atoms with Crippen LogP contribution in [0.5, 0.6) is 0 Å². The molecule has 4 rings (SSSR count). The molecule has 1 aliphatic carbocycles. The lowest BCUT2D eigenvalue weighted by Gasteiger charge is -2.48. The molecule has 2 fully saturated rings. The van der Waals surface area contributed by atoms with E-state index in [4.69, 9.17) is 16.3 Å². The third kappa shape index (κ3) is 3.95. The quantitative estimate of drug-likeness (QED) is 0.831. The van der Waals surface area contributed by atoms with Gasteiger partial charge in [0.05, 0.1) is 30.8 Å². The number of aromatic nitrogens is 2. The smallest absolute Gasteiger partial charge is 0.292 e. The van der Waals surface area contributed by atoms with Gasteiger partial charge in [-0.25, -0.2) is 0 Å². The second-order valence-electron chi connectivity index (χ2n) is 7.66. The molecule has 1 saturated carbocycles. The number of halogens is 1. The van der Waals surface area contributed by atoms with Gasteiger partial charge in [-0.05, 0) is 25.0 Å². The van der Waals surface area contributed by atoms with Crippen molar-refractivity contribution in [2.75, 3.05) is 38.2 Å². The van der Waals surface area contributed by atoms with Crippen LogP contribution in [0.25, 0.3) is 5.69 Å². The van der Waals surface area contributed by atoms with Crippen LogP contribution in [0.3, 0.4) is 0 Å². The first-order chi connectivity index (χ1) is 13.7. The Labute approximate surface area is 170 Å². The van der Waals surface area contributed by atoms with Crippen LogP contribution in [0.4, 0.5) is 5.69 Å². The van der Waals surface area contributed by atoms with Crippen LogP contribution in [0.2, 0.25) is 5.02 Å². The molecule has 0 spiro atoms. The Balaban J connectivity index is 1.54. The Morgan fingerprint density at radius 2 is 1.82 bits per heavy atom. The highest BCUT2D eigenvalue weighted by Crippen LogP contribution is 2.35. The number of rotatable bonds is 5. The summed E-state index contributed by atoms with van der Waals surface area (Å²) in [4.78, 5) is 15.3. The minimum absolute atomic E-state index is 0.0969. The number of anilines is 1. The maximum atomic E-state index is 12.7. The fourth-order valence-electron chi connectivity index (χ4n) is 4.42. The van der Waals surface area contributed by atoms with Gasteiger partial charge in [0.2, 0.25) is 0 Å². The summed E-state index contributed by atoms with van der Waals surface area (Å²) in [6, 6.07) is 9.33. The number of para-hydroxylation sites is 1. The molecule has 1 saturated heterocycles. The number of benzene rings is 1. The highest BCUT2D eigenvalue weighted by Gasteiger charge is 2.38. The van der Waals surface area contributed by atoms with E-state index < -0.39 is 0 Å². The van der Waals surface area contributed by atoms with E-state index in [0.29, 0.717) is 11.4 Å². The fourth-order valence-corrected chi connectivity index (χ4v) is 4.62. The first-order valence-corrected chi connectivity index (χ1v) is 10.5. The molecule has 0 bridgehead atoms. The highest BCUT2D eigenvalue weighted by molar-refractivity contribution is 6.32. The maximum Gasteiger partial charge on any atom is 0.292 e. The zero-order valence-corrected chi connectivity index (χ0v) is 16.8. The van der Waals surface area contributed by atoms with Crippen LogP contribution in [0.15, 0.2) is 41.3 Å². The zero-order valence-electron chi connectivity index (χ0n) is 16.1. The lowest BCUT2D eigenvalue weighted by Crippen LogP contribution is -2.58. The van der Waals surface area contributed by atoms with Crippen LogP contribution in [0.1, 0.15) is 32.1 Å². The third-order valence-corrected chi connectivity index (χ3v) is 6.36. The van der Waals surface area contributed by atoms with Crippen LogP contribution in [0, 0.1) is 0 Å². The van der Waals surface area contributed by atoms with Crippen molar-refractivity contribution >= 4 is 17.3 Å². The molecule has 7 heteroatoms. The van der Waals surface area contributed by atoms with E-state index >= 15 is 0 Å². The molecule has 0 amide bonds. The number of nitrogens with one attached hydrogen (secondary N) is 1. The standard InChI is InChI=1S/C21H27ClN4O2/c22-19-18(15-24-26(20(19)27)17-7-3-1-4-8-17)23-16-21(9-5-2-6-10-21)25-11-13-28-14-12-25/h1,3-4,7-8,15,23H,2,5-6,9-14,16H2. The molecule has 0 radical (unpaired) electrons. The minimum atomic E-state index is -0.304. The van der Waals surface area contributed by atoms with Crippen molar-refractivity contribution in [2.45, 2.75) is 37.6 Å². The SMILES string of the molecule is O=c1c(Cl)c(NCC2(N3CCOCC3)CCCCC2)cnn1-c1ccccc1. The number of morpholine rings is 1. The van der Waals surface area contributed by atoms with Gasteiger partial charge < -0.3 is 10.1 Å². The Morgan fingerprint density at radius 3 is 2.54 bits per heavy atom. The number of nitrogens with zero attached hydrogens (tertiary/aromatic N) is 3. The maximum absolute atomic E-state index is 12.7. The molecule has 0 unspecified atom stereocenters. The first kappa shape index (κ1) is 19.4. The lowest BCUT2D eigenvalue weighted by atomic mass is 9.79. The van der Waals surface area contributed by atoms with Gasteiger partial charge in [0, 0.05) is 25.2 Å². The van der Waals surface area contributed by atoms with Crippen molar-refractivity contribution in [2.24, 2.45) is 0 Å². The molecule has 2 heterocycles. The normalized spacial score (nSPS) is 20.0. The van der Waals surface area contributed by atoms with E-state index in [1.807, 2.05) is 30.3 Å². The molecule has 0 atom stereocenters. The summed E-state index contributed by atoms with van der Waals surface area (Å²) in [5.41, 5.74) is 1.11. The molecule has 28 heavy (non-hydrogen) atoms. The Kier molecular flexibility index (Phi) is 5.99. The van der Waals surface area contributed by atoms with Gasteiger partial charge in [0.15, 0.2) is 0 Å². The number of ether oxygens (including phenoxy) is 1. The second-order valence-corrected chi connectivity index (χ2v) is 8.04. The molecule has 1 aromatic carbocycles. The van der Waals surface area contributed by atoms with Crippen molar-refractivity contribution in [3.8, 4) is 5.69 Å². The largest absolute Gasteiger partial charge is 0.381 e. The van der Waals surface area contributed by atoms with E-state index in [1.165, 1.54) is 23.9 Å². The van der Waals surface area contributed by atoms with E-state index in [1.54, 1.807) is 6.20 Å². The summed E-state index contributed by atoms with van der Waals surface area (Å²) in [6.07, 6.45) is 7.74. The molecular formula is C21H27ClN4O2. The summed E-state index contributed by atoms with van der Waals surface area (Å²) < 4.78 is 6.89. The number of hydrogen-bond donors (Lipinski definition) is 1. The number of hydrogen-bond acceptors (Lipinski definition) is 5. The molecular weight excluding hydrogens is 376 g/mol. The van der Waals surface area contributed by atoms with Crippen molar-refractivity contribution in [3.05, 3.63) is 51.9 Å². The van der Waals surface area contributed by atoms with Gasteiger partial charge in [0.1, 0.15) is 5.02 Å². The van der Waals surface area contributed by atoms with Gasteiger partial charge >= 0.3 is 0 Å². The molecule has 1 aliphatic heterocycles. The summed E-state index contributed by atoms with van der Waals surface area (Å²) in [5.74, 6) is 0. The molecule has 2 aliphatic rings. The predicted octanol–water partition coefficient (Wildman–Crippen LogP) is 3.33. The van der Waals surface area contributed by atoms with Crippen molar-refractivity contribution in [1.82, 2.24) is 14.7 Å². The van der Waals surface area contributed by atoms with E-state index in [-0.39, 0.29) is 16.1 Å². The average molecular weight is 403 g/mol. The fraction of sp³-hybridized carbons (Fsp3) is 0.524. The van der Waals surface area contributed by atoms with Crippen molar-refractivity contribution in [1.29, 1.82) is 0 Å². The van der Waals surface area contributed by atoms with E-state index in [9.17, 15) is 4.79 Å². The summed E-state index contributed by atoms with van der Waals surface area (Å²) in [5, 5.41) is 7.97. The summed E-state index contributed by atoms with van der Waals surface area (Å²) >= 11 is 6.43. The van der Waals surface area contributed by atoms with Crippen LogP contribution >= 0.6 is 11.6 Å². The van der Waals surface area contributed by atoms with E-state index in [0.717, 1.165) is 45.7 Å². The third-order valence-electron chi connectivity index (χ3n) is 5.99. The van der Waals surface area contributed by atoms with Crippen LogP contribution in [-0.2, 0) is 4.74 Å². The average Bonchev–Trinajstić information content (AvgIpc) is 2.77. The van der Waals surface area contributed by atoms with Gasteiger partial charge in [-0.15, -0.1) is 0 Å². The lowest BCUT2D eigenvalue weighted by molar-refractivity contribution is -0.0318. The second kappa shape index (κ2) is 8.64. The van der Waals surface area contributed by atoms with Crippen molar-refractivity contribution in [3.63, 3.8) is 0 Å². The molecule has 6 nitrogen and oxygen atoms in total. The van der Waals surface area contributed by atoms with Crippen LogP contribution in [-0.4, -0.2) is 53.1 Å². The Bertz CT molecular complexity index is 843. The van der Waals surface area contributed by atoms with E-state index in [2.05, 4.69) is 15.3 Å². The summed E-state index contributed by atoms with van der Waals surface area (Å²) in [7, 11) is 0. The van der Waals surface area contributed by atoms with Crippen LogP contribution < -0.4 is 10.9 Å². The highest BCUT2D eigenvalue weighted by atomic mass is 35.5. The first-order valence-electron chi connectivity index (χ1n) is 10.1. The zero-order chi connectivity index (χ0) is 19.4. The summed E-state index contributed by atoms with van der Waals surface area (Å²) in [6.45, 7) is 4.27. The topological polar surface area (TPSA) is 59.4 Å². The minimum Gasteiger partial charge on any atom is -0.381 e. The Morgan fingerprint density at radius 1 is 1.11 bits per heavy atom. The van der Waals surface area contributed by atoms with Gasteiger partial charge in [0.25, 0.3) is 5.56 Å². The monoisotopic (exact) mass is 402 g/mol. The predicted molar refractivity (Wildman–Crippen MR) is 112 cm³/mol. The molecule has 1 N–H and O–H groups in total. The van der Waals surface area contributed by atoms with Gasteiger partial charge in [-0.1, -0.05) is 49.1 Å². The Hall–Kier alpha value is -1.89. The van der Waals surface area contributed by atoms with Crippen molar-refractivity contribution < 1.29 is 4.74 Å². The van der Waals surface area contributed by atoms with Gasteiger partial charge in [-0.2, -0.15) is 9.78 Å². The molecule has 1 aromatic heterocycles. The molecule has 2 aromatic rings. The van der Waals surface area contributed by atoms with Gasteiger partial charge in [-0.3, -0.25) is 9.69 Å². The molecule has 150 valence electrons.